The van der Waals surface area contributed by atoms with E-state index in [0.29, 0.717) is 24.5 Å². The average Bonchev–Trinajstić information content (AvgIpc) is 2.60. The van der Waals surface area contributed by atoms with E-state index in [9.17, 15) is 4.79 Å². The fraction of sp³-hybridized carbons (Fsp3) is 0.286. The number of rotatable bonds is 8. The zero-order valence-corrected chi connectivity index (χ0v) is 14.2. The van der Waals surface area contributed by atoms with Gasteiger partial charge < -0.3 is 9.84 Å². The number of carboxylic acid groups (broad SMARTS) is 1. The number of hydrogen-bond acceptors (Lipinski definition) is 2. The van der Waals surface area contributed by atoms with Crippen molar-refractivity contribution in [2.24, 2.45) is 0 Å². The van der Waals surface area contributed by atoms with E-state index in [-0.39, 0.29) is 0 Å². The monoisotopic (exact) mass is 324 g/mol. The molecule has 126 valence electrons. The molecule has 0 aromatic heterocycles. The number of benzene rings is 2. The lowest BCUT2D eigenvalue weighted by Gasteiger charge is -2.12. The van der Waals surface area contributed by atoms with Gasteiger partial charge in [-0.15, -0.1) is 0 Å². The van der Waals surface area contributed by atoms with Crippen molar-refractivity contribution in [3.8, 4) is 5.75 Å². The molecule has 3 nitrogen and oxygen atoms in total. The van der Waals surface area contributed by atoms with Gasteiger partial charge in [-0.1, -0.05) is 55.5 Å². The third-order valence-electron chi connectivity index (χ3n) is 4.01. The van der Waals surface area contributed by atoms with Gasteiger partial charge in [-0.3, -0.25) is 0 Å². The Morgan fingerprint density at radius 3 is 2.42 bits per heavy atom. The maximum absolute atomic E-state index is 10.7. The van der Waals surface area contributed by atoms with Crippen molar-refractivity contribution in [3.05, 3.63) is 77.4 Å². The first-order valence-electron chi connectivity index (χ1n) is 8.23. The summed E-state index contributed by atoms with van der Waals surface area (Å²) < 4.78 is 5.64. The molecular formula is C21H24O3. The summed E-state index contributed by atoms with van der Waals surface area (Å²) >= 11 is 0. The van der Waals surface area contributed by atoms with Gasteiger partial charge in [0.15, 0.2) is 0 Å². The smallest absolute Gasteiger partial charge is 0.330 e. The molecule has 0 aliphatic carbocycles. The van der Waals surface area contributed by atoms with Crippen LogP contribution in [0.4, 0.5) is 0 Å². The van der Waals surface area contributed by atoms with Crippen molar-refractivity contribution in [2.75, 3.05) is 6.61 Å². The second-order valence-corrected chi connectivity index (χ2v) is 5.99. The summed E-state index contributed by atoms with van der Waals surface area (Å²) in [4.78, 5) is 10.7. The van der Waals surface area contributed by atoms with E-state index in [2.05, 4.69) is 43.3 Å². The highest BCUT2D eigenvalue weighted by molar-refractivity contribution is 5.85. The fourth-order valence-corrected chi connectivity index (χ4v) is 2.51. The molecule has 1 atom stereocenters. The highest BCUT2D eigenvalue weighted by Gasteiger charge is 2.06. The van der Waals surface area contributed by atoms with Gasteiger partial charge in [-0.2, -0.15) is 0 Å². The standard InChI is InChI=1S/C21H24O3/c1-16(21(22)23)7-6-14-24-20-12-10-18(11-13-20)15-17(2)19-8-4-3-5-9-19/h3-5,7-13,17H,6,14-15H2,1-2H3,(H,22,23). The van der Waals surface area contributed by atoms with Gasteiger partial charge in [0, 0.05) is 12.0 Å². The molecule has 0 radical (unpaired) electrons. The molecule has 0 aliphatic heterocycles. The summed E-state index contributed by atoms with van der Waals surface area (Å²) in [6.07, 6.45) is 3.26. The number of carbonyl (C=O) groups is 1. The molecule has 0 amide bonds. The molecule has 0 fully saturated rings. The van der Waals surface area contributed by atoms with Crippen LogP contribution in [0.15, 0.2) is 66.2 Å². The number of ether oxygens (including phenoxy) is 1. The van der Waals surface area contributed by atoms with E-state index in [1.165, 1.54) is 11.1 Å². The number of carboxylic acids is 1. The minimum absolute atomic E-state index is 0.351. The Bertz CT molecular complexity index is 672. The molecule has 0 aliphatic rings. The molecule has 2 aromatic carbocycles. The van der Waals surface area contributed by atoms with Gasteiger partial charge in [-0.25, -0.2) is 4.79 Å². The van der Waals surface area contributed by atoms with Crippen LogP contribution in [0.3, 0.4) is 0 Å². The third kappa shape index (κ3) is 5.58. The van der Waals surface area contributed by atoms with Crippen molar-refractivity contribution in [2.45, 2.75) is 32.6 Å². The predicted molar refractivity (Wildman–Crippen MR) is 96.5 cm³/mol. The molecule has 0 spiro atoms. The second-order valence-electron chi connectivity index (χ2n) is 5.99. The van der Waals surface area contributed by atoms with Crippen LogP contribution in [-0.4, -0.2) is 17.7 Å². The number of aliphatic carboxylic acids is 1. The summed E-state index contributed by atoms with van der Waals surface area (Å²) in [6.45, 7) is 4.30. The van der Waals surface area contributed by atoms with Crippen LogP contribution in [-0.2, 0) is 11.2 Å². The zero-order valence-electron chi connectivity index (χ0n) is 14.2. The van der Waals surface area contributed by atoms with Crippen molar-refractivity contribution in [1.82, 2.24) is 0 Å². The SMILES string of the molecule is CC(=CCCOc1ccc(CC(C)c2ccccc2)cc1)C(=O)O. The van der Waals surface area contributed by atoms with Crippen molar-refractivity contribution >= 4 is 5.97 Å². The first-order valence-corrected chi connectivity index (χ1v) is 8.23. The molecular weight excluding hydrogens is 300 g/mol. The molecule has 1 unspecified atom stereocenters. The summed E-state index contributed by atoms with van der Waals surface area (Å²) in [5.74, 6) is 0.404. The Morgan fingerprint density at radius 2 is 1.79 bits per heavy atom. The normalized spacial score (nSPS) is 12.7. The van der Waals surface area contributed by atoms with Crippen molar-refractivity contribution in [1.29, 1.82) is 0 Å². The summed E-state index contributed by atoms with van der Waals surface area (Å²) in [7, 11) is 0. The van der Waals surface area contributed by atoms with Crippen LogP contribution < -0.4 is 4.74 Å². The van der Waals surface area contributed by atoms with E-state index in [1.54, 1.807) is 13.0 Å². The third-order valence-corrected chi connectivity index (χ3v) is 4.01. The van der Waals surface area contributed by atoms with E-state index in [1.807, 2.05) is 18.2 Å². The lowest BCUT2D eigenvalue weighted by atomic mass is 9.94. The quantitative estimate of drug-likeness (QED) is 0.558. The first kappa shape index (κ1) is 17.8. The zero-order chi connectivity index (χ0) is 17.4. The van der Waals surface area contributed by atoms with Gasteiger partial charge in [-0.05, 0) is 42.5 Å². The van der Waals surface area contributed by atoms with Gasteiger partial charge in [0.25, 0.3) is 0 Å². The van der Waals surface area contributed by atoms with Gasteiger partial charge >= 0.3 is 5.97 Å². The second kappa shape index (κ2) is 8.92. The Morgan fingerprint density at radius 1 is 1.12 bits per heavy atom. The minimum atomic E-state index is -0.883. The highest BCUT2D eigenvalue weighted by Crippen LogP contribution is 2.21. The Hall–Kier alpha value is -2.55. The lowest BCUT2D eigenvalue weighted by molar-refractivity contribution is -0.132. The molecule has 0 saturated carbocycles. The van der Waals surface area contributed by atoms with Gasteiger partial charge in [0.2, 0.25) is 0 Å². The van der Waals surface area contributed by atoms with Crippen LogP contribution in [0.25, 0.3) is 0 Å². The molecule has 3 heteroatoms. The lowest BCUT2D eigenvalue weighted by Crippen LogP contribution is -2.00. The van der Waals surface area contributed by atoms with Crippen LogP contribution in [0.2, 0.25) is 0 Å². The van der Waals surface area contributed by atoms with Gasteiger partial charge in [0.05, 0.1) is 6.61 Å². The molecule has 0 bridgehead atoms. The van der Waals surface area contributed by atoms with Crippen LogP contribution in [0, 0.1) is 0 Å². The Kier molecular flexibility index (Phi) is 6.62. The topological polar surface area (TPSA) is 46.5 Å². The van der Waals surface area contributed by atoms with Crippen LogP contribution in [0.1, 0.15) is 37.3 Å². The molecule has 2 aromatic rings. The summed E-state index contributed by atoms with van der Waals surface area (Å²) in [6, 6.07) is 18.6. The molecule has 0 saturated heterocycles. The van der Waals surface area contributed by atoms with Crippen LogP contribution >= 0.6 is 0 Å². The van der Waals surface area contributed by atoms with Crippen molar-refractivity contribution < 1.29 is 14.6 Å². The van der Waals surface area contributed by atoms with E-state index in [4.69, 9.17) is 9.84 Å². The predicted octanol–water partition coefficient (Wildman–Crippen LogP) is 4.83. The summed E-state index contributed by atoms with van der Waals surface area (Å²) in [5, 5.41) is 8.77. The first-order chi connectivity index (χ1) is 11.6. The summed E-state index contributed by atoms with van der Waals surface area (Å²) in [5.41, 5.74) is 2.97. The van der Waals surface area contributed by atoms with Crippen molar-refractivity contribution in [3.63, 3.8) is 0 Å². The Labute approximate surface area is 143 Å². The highest BCUT2D eigenvalue weighted by atomic mass is 16.5. The van der Waals surface area contributed by atoms with E-state index in [0.717, 1.165) is 12.2 Å². The molecule has 24 heavy (non-hydrogen) atoms. The number of hydrogen-bond donors (Lipinski definition) is 1. The van der Waals surface area contributed by atoms with E-state index >= 15 is 0 Å². The molecule has 2 rings (SSSR count). The average molecular weight is 324 g/mol. The fourth-order valence-electron chi connectivity index (χ4n) is 2.51. The van der Waals surface area contributed by atoms with E-state index < -0.39 is 5.97 Å². The Balaban J connectivity index is 1.82. The largest absolute Gasteiger partial charge is 0.493 e. The molecule has 0 heterocycles. The minimum Gasteiger partial charge on any atom is -0.493 e. The van der Waals surface area contributed by atoms with Crippen LogP contribution in [0.5, 0.6) is 5.75 Å². The maximum atomic E-state index is 10.7. The molecule has 1 N–H and O–H groups in total. The maximum Gasteiger partial charge on any atom is 0.330 e. The van der Waals surface area contributed by atoms with Gasteiger partial charge in [0.1, 0.15) is 5.75 Å².